The second-order valence-corrected chi connectivity index (χ2v) is 3.36. The van der Waals surface area contributed by atoms with Crippen molar-refractivity contribution in [1.29, 1.82) is 0 Å². The molecule has 1 heterocycles. The SMILES string of the molecule is CCCC(N)C#Cc1cnccc1C. The van der Waals surface area contributed by atoms with Gasteiger partial charge in [-0.15, -0.1) is 0 Å². The fraction of sp³-hybridized carbons (Fsp3) is 0.417. The molecule has 2 nitrogen and oxygen atoms in total. The molecular weight excluding hydrogens is 172 g/mol. The molecule has 1 atom stereocenters. The van der Waals surface area contributed by atoms with Crippen LogP contribution < -0.4 is 5.73 Å². The highest BCUT2D eigenvalue weighted by Gasteiger charge is 1.95. The van der Waals surface area contributed by atoms with Gasteiger partial charge in [-0.1, -0.05) is 25.2 Å². The van der Waals surface area contributed by atoms with E-state index in [9.17, 15) is 0 Å². The van der Waals surface area contributed by atoms with Gasteiger partial charge >= 0.3 is 0 Å². The predicted octanol–water partition coefficient (Wildman–Crippen LogP) is 1.87. The first-order chi connectivity index (χ1) is 6.74. The van der Waals surface area contributed by atoms with E-state index in [1.165, 1.54) is 0 Å². The second kappa shape index (κ2) is 5.41. The van der Waals surface area contributed by atoms with Crippen molar-refractivity contribution >= 4 is 0 Å². The number of aryl methyl sites for hydroxylation is 1. The summed E-state index contributed by atoms with van der Waals surface area (Å²) >= 11 is 0. The Morgan fingerprint density at radius 1 is 1.57 bits per heavy atom. The lowest BCUT2D eigenvalue weighted by atomic mass is 10.1. The first-order valence-electron chi connectivity index (χ1n) is 4.91. The summed E-state index contributed by atoms with van der Waals surface area (Å²) < 4.78 is 0. The Morgan fingerprint density at radius 2 is 2.36 bits per heavy atom. The minimum absolute atomic E-state index is 0.0143. The summed E-state index contributed by atoms with van der Waals surface area (Å²) in [5.41, 5.74) is 7.91. The van der Waals surface area contributed by atoms with E-state index in [0.717, 1.165) is 24.0 Å². The van der Waals surface area contributed by atoms with E-state index < -0.39 is 0 Å². The van der Waals surface area contributed by atoms with Crippen molar-refractivity contribution in [1.82, 2.24) is 4.98 Å². The summed E-state index contributed by atoms with van der Waals surface area (Å²) in [7, 11) is 0. The van der Waals surface area contributed by atoms with E-state index in [0.29, 0.717) is 0 Å². The fourth-order valence-electron chi connectivity index (χ4n) is 1.15. The van der Waals surface area contributed by atoms with Gasteiger partial charge in [0.25, 0.3) is 0 Å². The highest BCUT2D eigenvalue weighted by molar-refractivity contribution is 5.38. The van der Waals surface area contributed by atoms with Crippen molar-refractivity contribution in [3.8, 4) is 11.8 Å². The van der Waals surface area contributed by atoms with Gasteiger partial charge in [-0.3, -0.25) is 4.98 Å². The largest absolute Gasteiger partial charge is 0.318 e. The van der Waals surface area contributed by atoms with E-state index in [-0.39, 0.29) is 6.04 Å². The smallest absolute Gasteiger partial charge is 0.0668 e. The molecular formula is C12H16N2. The van der Waals surface area contributed by atoms with Crippen LogP contribution in [0.5, 0.6) is 0 Å². The number of rotatable bonds is 2. The zero-order chi connectivity index (χ0) is 10.4. The van der Waals surface area contributed by atoms with Gasteiger partial charge in [0.15, 0.2) is 0 Å². The topological polar surface area (TPSA) is 38.9 Å². The lowest BCUT2D eigenvalue weighted by molar-refractivity contribution is 0.720. The molecule has 1 rings (SSSR count). The molecule has 0 amide bonds. The van der Waals surface area contributed by atoms with Crippen LogP contribution in [-0.2, 0) is 0 Å². The van der Waals surface area contributed by atoms with Crippen LogP contribution in [0.1, 0.15) is 30.9 Å². The Labute approximate surface area is 85.5 Å². The van der Waals surface area contributed by atoms with E-state index in [1.54, 1.807) is 12.4 Å². The monoisotopic (exact) mass is 188 g/mol. The average molecular weight is 188 g/mol. The fourth-order valence-corrected chi connectivity index (χ4v) is 1.15. The molecule has 2 heteroatoms. The van der Waals surface area contributed by atoms with Crippen molar-refractivity contribution in [2.45, 2.75) is 32.7 Å². The molecule has 74 valence electrons. The number of aromatic nitrogens is 1. The number of pyridine rings is 1. The Hall–Kier alpha value is -1.33. The molecule has 0 aromatic carbocycles. The molecule has 1 aromatic heterocycles. The van der Waals surface area contributed by atoms with Crippen molar-refractivity contribution in [2.24, 2.45) is 5.73 Å². The van der Waals surface area contributed by atoms with Gasteiger partial charge in [-0.05, 0) is 25.0 Å². The minimum Gasteiger partial charge on any atom is -0.318 e. The Balaban J connectivity index is 2.72. The summed E-state index contributed by atoms with van der Waals surface area (Å²) in [5, 5.41) is 0. The van der Waals surface area contributed by atoms with Gasteiger partial charge in [-0.2, -0.15) is 0 Å². The van der Waals surface area contributed by atoms with Crippen molar-refractivity contribution in [2.75, 3.05) is 0 Å². The third kappa shape index (κ3) is 3.20. The van der Waals surface area contributed by atoms with Gasteiger partial charge in [0, 0.05) is 18.0 Å². The normalized spacial score (nSPS) is 11.6. The molecule has 0 aliphatic rings. The number of nitrogens with zero attached hydrogens (tertiary/aromatic N) is 1. The van der Waals surface area contributed by atoms with Crippen molar-refractivity contribution < 1.29 is 0 Å². The van der Waals surface area contributed by atoms with Gasteiger partial charge in [0.2, 0.25) is 0 Å². The van der Waals surface area contributed by atoms with Gasteiger partial charge < -0.3 is 5.73 Å². The molecule has 0 saturated carbocycles. The third-order valence-corrected chi connectivity index (χ3v) is 2.03. The minimum atomic E-state index is -0.0143. The Bertz CT molecular complexity index is 347. The highest BCUT2D eigenvalue weighted by Crippen LogP contribution is 2.02. The van der Waals surface area contributed by atoms with Crippen LogP contribution in [0.25, 0.3) is 0 Å². The van der Waals surface area contributed by atoms with E-state index in [4.69, 9.17) is 5.73 Å². The standard InChI is InChI=1S/C12H16N2/c1-3-4-12(13)6-5-11-9-14-8-7-10(11)2/h7-9,12H,3-4,13H2,1-2H3. The summed E-state index contributed by atoms with van der Waals surface area (Å²) in [5.74, 6) is 6.09. The molecule has 1 aromatic rings. The van der Waals surface area contributed by atoms with E-state index in [2.05, 4.69) is 23.7 Å². The first-order valence-corrected chi connectivity index (χ1v) is 4.91. The van der Waals surface area contributed by atoms with E-state index >= 15 is 0 Å². The third-order valence-electron chi connectivity index (χ3n) is 2.03. The lowest BCUT2D eigenvalue weighted by Crippen LogP contribution is -2.16. The molecule has 14 heavy (non-hydrogen) atoms. The maximum Gasteiger partial charge on any atom is 0.0668 e. The van der Waals surface area contributed by atoms with Gasteiger partial charge in [-0.25, -0.2) is 0 Å². The molecule has 0 radical (unpaired) electrons. The average Bonchev–Trinajstić information content (AvgIpc) is 2.17. The molecule has 0 aliphatic carbocycles. The number of hydrogen-bond acceptors (Lipinski definition) is 2. The zero-order valence-corrected chi connectivity index (χ0v) is 8.75. The molecule has 0 spiro atoms. The molecule has 0 fully saturated rings. The quantitative estimate of drug-likeness (QED) is 0.720. The van der Waals surface area contributed by atoms with Crippen LogP contribution in [0.4, 0.5) is 0 Å². The first kappa shape index (κ1) is 10.7. The summed E-state index contributed by atoms with van der Waals surface area (Å²) in [6.07, 6.45) is 5.57. The van der Waals surface area contributed by atoms with Crippen LogP contribution >= 0.6 is 0 Å². The van der Waals surface area contributed by atoms with Crippen LogP contribution in [0.15, 0.2) is 18.5 Å². The zero-order valence-electron chi connectivity index (χ0n) is 8.75. The predicted molar refractivity (Wildman–Crippen MR) is 58.7 cm³/mol. The molecule has 0 saturated heterocycles. The summed E-state index contributed by atoms with van der Waals surface area (Å²) in [6, 6.07) is 1.94. The van der Waals surface area contributed by atoms with Crippen molar-refractivity contribution in [3.63, 3.8) is 0 Å². The number of nitrogens with two attached hydrogens (primary N) is 1. The Kier molecular flexibility index (Phi) is 4.15. The van der Waals surface area contributed by atoms with E-state index in [1.807, 2.05) is 13.0 Å². The maximum atomic E-state index is 5.79. The van der Waals surface area contributed by atoms with Crippen LogP contribution in [0.3, 0.4) is 0 Å². The van der Waals surface area contributed by atoms with Crippen LogP contribution in [0.2, 0.25) is 0 Å². The summed E-state index contributed by atoms with van der Waals surface area (Å²) in [4.78, 5) is 4.03. The van der Waals surface area contributed by atoms with Gasteiger partial charge in [0.05, 0.1) is 6.04 Å². The second-order valence-electron chi connectivity index (χ2n) is 3.36. The molecule has 0 aliphatic heterocycles. The maximum absolute atomic E-state index is 5.79. The molecule has 0 bridgehead atoms. The van der Waals surface area contributed by atoms with Crippen LogP contribution in [-0.4, -0.2) is 11.0 Å². The van der Waals surface area contributed by atoms with Crippen molar-refractivity contribution in [3.05, 3.63) is 29.6 Å². The molecule has 1 unspecified atom stereocenters. The lowest BCUT2D eigenvalue weighted by Gasteiger charge is -1.99. The van der Waals surface area contributed by atoms with Crippen LogP contribution in [0, 0.1) is 18.8 Å². The highest BCUT2D eigenvalue weighted by atomic mass is 14.6. The summed E-state index contributed by atoms with van der Waals surface area (Å²) in [6.45, 7) is 4.13. The molecule has 2 N–H and O–H groups in total. The van der Waals surface area contributed by atoms with Gasteiger partial charge in [0.1, 0.15) is 0 Å². The Morgan fingerprint density at radius 3 is 3.00 bits per heavy atom. The number of hydrogen-bond donors (Lipinski definition) is 1.